The van der Waals surface area contributed by atoms with Gasteiger partial charge in [-0.3, -0.25) is 4.79 Å². The molecule has 1 heterocycles. The van der Waals surface area contributed by atoms with Gasteiger partial charge in [0.15, 0.2) is 5.78 Å². The number of carbonyl (C=O) groups is 1. The summed E-state index contributed by atoms with van der Waals surface area (Å²) < 4.78 is 0. The second kappa shape index (κ2) is 3.67. The van der Waals surface area contributed by atoms with Crippen LogP contribution in [0.15, 0.2) is 35.7 Å². The normalized spacial score (nSPS) is 19.1. The van der Waals surface area contributed by atoms with E-state index in [1.165, 1.54) is 5.56 Å². The molecule has 1 fully saturated rings. The molecule has 0 aromatic heterocycles. The number of ketones is 1. The van der Waals surface area contributed by atoms with Crippen LogP contribution in [0.4, 0.5) is 0 Å². The van der Waals surface area contributed by atoms with Crippen molar-refractivity contribution in [2.75, 3.05) is 13.1 Å². The Hall–Kier alpha value is -1.77. The van der Waals surface area contributed by atoms with Gasteiger partial charge in [-0.1, -0.05) is 24.3 Å². The molecule has 1 saturated heterocycles. The number of nitrogens with one attached hydrogen (secondary N) is 2. The third-order valence-electron chi connectivity index (χ3n) is 3.21. The lowest BCUT2D eigenvalue weighted by atomic mass is 9.87. The van der Waals surface area contributed by atoms with Crippen molar-refractivity contribution in [2.45, 2.75) is 12.8 Å². The standard InChI is InChI=1S/C13H14N2O/c16-12-10-4-2-1-3-9(10)5-6-11(12)13-14-7-8-15-13/h1-4,14-15H,5-8H2. The zero-order chi connectivity index (χ0) is 11.0. The minimum atomic E-state index is 0.179. The molecule has 0 radical (unpaired) electrons. The van der Waals surface area contributed by atoms with Crippen LogP contribution in [0.5, 0.6) is 0 Å². The maximum absolute atomic E-state index is 12.3. The average molecular weight is 214 g/mol. The van der Waals surface area contributed by atoms with Gasteiger partial charge in [-0.15, -0.1) is 0 Å². The molecule has 0 spiro atoms. The molecule has 1 aromatic rings. The second-order valence-corrected chi connectivity index (χ2v) is 4.19. The van der Waals surface area contributed by atoms with E-state index in [1.807, 2.05) is 24.3 Å². The molecule has 2 aliphatic rings. The quantitative estimate of drug-likeness (QED) is 0.638. The summed E-state index contributed by atoms with van der Waals surface area (Å²) in [5, 5.41) is 6.47. The maximum atomic E-state index is 12.3. The van der Waals surface area contributed by atoms with Gasteiger partial charge in [-0.2, -0.15) is 0 Å². The van der Waals surface area contributed by atoms with Crippen molar-refractivity contribution in [1.29, 1.82) is 0 Å². The van der Waals surface area contributed by atoms with E-state index in [9.17, 15) is 4.79 Å². The molecule has 16 heavy (non-hydrogen) atoms. The minimum Gasteiger partial charge on any atom is -0.370 e. The van der Waals surface area contributed by atoms with E-state index < -0.39 is 0 Å². The van der Waals surface area contributed by atoms with Gasteiger partial charge >= 0.3 is 0 Å². The number of Topliss-reactive ketones (excluding diaryl/α,β-unsaturated/α-hetero) is 1. The first-order valence-corrected chi connectivity index (χ1v) is 5.70. The van der Waals surface area contributed by atoms with E-state index in [0.29, 0.717) is 0 Å². The number of benzene rings is 1. The molecule has 1 aromatic carbocycles. The molecule has 0 bridgehead atoms. The lowest BCUT2D eigenvalue weighted by Crippen LogP contribution is -2.22. The molecule has 2 N–H and O–H groups in total. The van der Waals surface area contributed by atoms with Gasteiger partial charge in [0.05, 0.1) is 0 Å². The molecule has 3 nitrogen and oxygen atoms in total. The van der Waals surface area contributed by atoms with E-state index >= 15 is 0 Å². The third-order valence-corrected chi connectivity index (χ3v) is 3.21. The number of fused-ring (bicyclic) bond motifs is 1. The fraction of sp³-hybridized carbons (Fsp3) is 0.308. The maximum Gasteiger partial charge on any atom is 0.192 e. The van der Waals surface area contributed by atoms with Gasteiger partial charge < -0.3 is 10.6 Å². The van der Waals surface area contributed by atoms with Crippen LogP contribution in [0.25, 0.3) is 0 Å². The van der Waals surface area contributed by atoms with Crippen molar-refractivity contribution in [3.8, 4) is 0 Å². The molecular weight excluding hydrogens is 200 g/mol. The van der Waals surface area contributed by atoms with E-state index in [1.54, 1.807) is 0 Å². The summed E-state index contributed by atoms with van der Waals surface area (Å²) in [5.41, 5.74) is 2.96. The van der Waals surface area contributed by atoms with Crippen LogP contribution in [-0.4, -0.2) is 18.9 Å². The average Bonchev–Trinajstić information content (AvgIpc) is 2.83. The molecule has 0 saturated carbocycles. The Bertz CT molecular complexity index is 469. The van der Waals surface area contributed by atoms with Crippen LogP contribution in [0.3, 0.4) is 0 Å². The third kappa shape index (κ3) is 1.40. The molecule has 1 aliphatic carbocycles. The zero-order valence-corrected chi connectivity index (χ0v) is 9.05. The zero-order valence-electron chi connectivity index (χ0n) is 9.05. The van der Waals surface area contributed by atoms with Crippen LogP contribution in [0, 0.1) is 0 Å². The first-order chi connectivity index (χ1) is 7.86. The van der Waals surface area contributed by atoms with E-state index in [4.69, 9.17) is 0 Å². The monoisotopic (exact) mass is 214 g/mol. The molecule has 82 valence electrons. The highest BCUT2D eigenvalue weighted by Crippen LogP contribution is 2.26. The molecule has 0 amide bonds. The SMILES string of the molecule is O=C1C(=C2NCCN2)CCc2ccccc21. The van der Waals surface area contributed by atoms with Crippen molar-refractivity contribution >= 4 is 5.78 Å². The lowest BCUT2D eigenvalue weighted by molar-refractivity contribution is 0.102. The van der Waals surface area contributed by atoms with E-state index in [2.05, 4.69) is 10.6 Å². The van der Waals surface area contributed by atoms with Gasteiger partial charge in [0.1, 0.15) is 5.82 Å². The summed E-state index contributed by atoms with van der Waals surface area (Å²) in [6.45, 7) is 1.82. The summed E-state index contributed by atoms with van der Waals surface area (Å²) in [5.74, 6) is 1.12. The number of hydrogen-bond acceptors (Lipinski definition) is 3. The Labute approximate surface area is 94.5 Å². The number of rotatable bonds is 0. The van der Waals surface area contributed by atoms with E-state index in [-0.39, 0.29) is 5.78 Å². The van der Waals surface area contributed by atoms with Gasteiger partial charge in [0.25, 0.3) is 0 Å². The second-order valence-electron chi connectivity index (χ2n) is 4.19. The highest BCUT2D eigenvalue weighted by molar-refractivity contribution is 6.11. The largest absolute Gasteiger partial charge is 0.370 e. The molecule has 3 rings (SSSR count). The summed E-state index contributed by atoms with van der Waals surface area (Å²) in [6, 6.07) is 7.90. The highest BCUT2D eigenvalue weighted by Gasteiger charge is 2.25. The smallest absolute Gasteiger partial charge is 0.192 e. The van der Waals surface area contributed by atoms with Gasteiger partial charge in [0.2, 0.25) is 0 Å². The number of allylic oxidation sites excluding steroid dienone is 1. The Balaban J connectivity index is 2.04. The molecule has 1 aliphatic heterocycles. The Morgan fingerprint density at radius 3 is 2.56 bits per heavy atom. The number of aryl methyl sites for hydroxylation is 1. The molecular formula is C13H14N2O. The predicted molar refractivity (Wildman–Crippen MR) is 62.1 cm³/mol. The fourth-order valence-electron chi connectivity index (χ4n) is 2.39. The first-order valence-electron chi connectivity index (χ1n) is 5.70. The molecule has 0 atom stereocenters. The first kappa shape index (κ1) is 9.46. The van der Waals surface area contributed by atoms with Crippen molar-refractivity contribution in [3.05, 3.63) is 46.8 Å². The minimum absolute atomic E-state index is 0.179. The van der Waals surface area contributed by atoms with E-state index in [0.717, 1.165) is 42.9 Å². The van der Waals surface area contributed by atoms with Crippen molar-refractivity contribution < 1.29 is 4.79 Å². The Morgan fingerprint density at radius 1 is 1.00 bits per heavy atom. The van der Waals surface area contributed by atoms with Crippen molar-refractivity contribution in [2.24, 2.45) is 0 Å². The predicted octanol–water partition coefficient (Wildman–Crippen LogP) is 1.22. The fourth-order valence-corrected chi connectivity index (χ4v) is 2.39. The van der Waals surface area contributed by atoms with Crippen LogP contribution in [-0.2, 0) is 6.42 Å². The lowest BCUT2D eigenvalue weighted by Gasteiger charge is -2.19. The molecule has 0 unspecified atom stereocenters. The van der Waals surface area contributed by atoms with Crippen LogP contribution < -0.4 is 10.6 Å². The van der Waals surface area contributed by atoms with Crippen molar-refractivity contribution in [3.63, 3.8) is 0 Å². The summed E-state index contributed by atoms with van der Waals surface area (Å²) >= 11 is 0. The summed E-state index contributed by atoms with van der Waals surface area (Å²) in [7, 11) is 0. The van der Waals surface area contributed by atoms with Gasteiger partial charge in [-0.05, 0) is 18.4 Å². The highest BCUT2D eigenvalue weighted by atomic mass is 16.1. The van der Waals surface area contributed by atoms with Crippen LogP contribution in [0.1, 0.15) is 22.3 Å². The molecule has 3 heteroatoms. The topological polar surface area (TPSA) is 41.1 Å². The Kier molecular flexibility index (Phi) is 2.17. The summed E-state index contributed by atoms with van der Waals surface area (Å²) in [4.78, 5) is 12.3. The Morgan fingerprint density at radius 2 is 1.75 bits per heavy atom. The van der Waals surface area contributed by atoms with Crippen LogP contribution >= 0.6 is 0 Å². The number of hydrogen-bond donors (Lipinski definition) is 2. The van der Waals surface area contributed by atoms with Gasteiger partial charge in [-0.25, -0.2) is 0 Å². The summed E-state index contributed by atoms with van der Waals surface area (Å²) in [6.07, 6.45) is 1.80. The van der Waals surface area contributed by atoms with Crippen LogP contribution in [0.2, 0.25) is 0 Å². The van der Waals surface area contributed by atoms with Crippen molar-refractivity contribution in [1.82, 2.24) is 10.6 Å². The van der Waals surface area contributed by atoms with Gasteiger partial charge in [0, 0.05) is 24.2 Å². The number of carbonyl (C=O) groups excluding carboxylic acids is 1.